The van der Waals surface area contributed by atoms with E-state index in [0.717, 1.165) is 6.92 Å². The fraction of sp³-hybridized carbons (Fsp3) is 0.231. The van der Waals surface area contributed by atoms with Crippen molar-refractivity contribution >= 4 is 29.3 Å². The van der Waals surface area contributed by atoms with Crippen molar-refractivity contribution in [3.63, 3.8) is 0 Å². The number of nitrogens with zero attached hydrogens (tertiary/aromatic N) is 1. The summed E-state index contributed by atoms with van der Waals surface area (Å²) in [7, 11) is 0. The van der Waals surface area contributed by atoms with E-state index in [4.69, 9.17) is 0 Å². The Hall–Kier alpha value is -2.70. The summed E-state index contributed by atoms with van der Waals surface area (Å²) in [6, 6.07) is 7.54. The van der Waals surface area contributed by atoms with Crippen LogP contribution < -0.4 is 4.90 Å². The molecule has 1 unspecified atom stereocenters. The normalized spacial score (nSPS) is 20.1. The summed E-state index contributed by atoms with van der Waals surface area (Å²) in [5.74, 6) is -6.81. The maximum Gasteiger partial charge on any atom is 0.343 e. The molecule has 1 saturated heterocycles. The van der Waals surface area contributed by atoms with Crippen LogP contribution in [-0.2, 0) is 19.2 Å². The average Bonchev–Trinajstić information content (AvgIpc) is 2.35. The van der Waals surface area contributed by atoms with Crippen molar-refractivity contribution in [2.24, 2.45) is 5.92 Å². The Labute approximate surface area is 113 Å². The van der Waals surface area contributed by atoms with Crippen LogP contribution in [0.15, 0.2) is 30.3 Å². The minimum Gasteiger partial charge on any atom is -0.479 e. The first-order chi connectivity index (χ1) is 9.35. The first-order valence-corrected chi connectivity index (χ1v) is 5.71. The van der Waals surface area contributed by atoms with Gasteiger partial charge in [0.1, 0.15) is 11.7 Å². The molecule has 1 aliphatic rings. The Morgan fingerprint density at radius 1 is 1.10 bits per heavy atom. The van der Waals surface area contributed by atoms with Crippen LogP contribution in [0.2, 0.25) is 0 Å². The minimum atomic E-state index is -2.58. The predicted octanol–water partition coefficient (Wildman–Crippen LogP) is 0.146. The monoisotopic (exact) mass is 277 g/mol. The number of amides is 1. The highest BCUT2D eigenvalue weighted by Crippen LogP contribution is 2.42. The van der Waals surface area contributed by atoms with Gasteiger partial charge in [0.15, 0.2) is 0 Å². The number of benzene rings is 1. The van der Waals surface area contributed by atoms with Crippen molar-refractivity contribution in [3.05, 3.63) is 30.3 Å². The molecule has 7 heteroatoms. The van der Waals surface area contributed by atoms with E-state index in [-0.39, 0.29) is 5.69 Å². The largest absolute Gasteiger partial charge is 0.479 e. The highest BCUT2D eigenvalue weighted by Gasteiger charge is 2.73. The number of anilines is 1. The molecule has 1 amide bonds. The first-order valence-electron chi connectivity index (χ1n) is 5.71. The molecule has 0 radical (unpaired) electrons. The third-order valence-corrected chi connectivity index (χ3v) is 3.31. The van der Waals surface area contributed by atoms with E-state index in [1.54, 1.807) is 6.07 Å². The summed E-state index contributed by atoms with van der Waals surface area (Å²) >= 11 is 0. The molecule has 0 aromatic heterocycles. The Morgan fingerprint density at radius 2 is 1.60 bits per heavy atom. The average molecular weight is 277 g/mol. The van der Waals surface area contributed by atoms with Crippen molar-refractivity contribution in [1.29, 1.82) is 0 Å². The second-order valence-electron chi connectivity index (χ2n) is 4.43. The topological polar surface area (TPSA) is 112 Å². The Morgan fingerprint density at radius 3 is 2.00 bits per heavy atom. The van der Waals surface area contributed by atoms with Gasteiger partial charge in [-0.1, -0.05) is 18.2 Å². The third-order valence-electron chi connectivity index (χ3n) is 3.31. The molecule has 2 rings (SSSR count). The smallest absolute Gasteiger partial charge is 0.343 e. The second kappa shape index (κ2) is 4.44. The number of aliphatic carboxylic acids is 2. The first kappa shape index (κ1) is 13.7. The van der Waals surface area contributed by atoms with Crippen molar-refractivity contribution in [2.45, 2.75) is 12.5 Å². The van der Waals surface area contributed by atoms with Crippen molar-refractivity contribution < 1.29 is 29.4 Å². The van der Waals surface area contributed by atoms with Crippen LogP contribution in [0, 0.1) is 5.92 Å². The van der Waals surface area contributed by atoms with Gasteiger partial charge in [-0.25, -0.2) is 9.59 Å². The summed E-state index contributed by atoms with van der Waals surface area (Å²) < 4.78 is 0. The van der Waals surface area contributed by atoms with E-state index < -0.39 is 35.1 Å². The van der Waals surface area contributed by atoms with Crippen LogP contribution in [0.5, 0.6) is 0 Å². The second-order valence-corrected chi connectivity index (χ2v) is 4.43. The maximum absolute atomic E-state index is 12.0. The number of rotatable bonds is 4. The van der Waals surface area contributed by atoms with Crippen LogP contribution >= 0.6 is 0 Å². The number of para-hydroxylation sites is 1. The zero-order valence-electron chi connectivity index (χ0n) is 10.4. The molecule has 0 aliphatic carbocycles. The molecule has 1 aliphatic heterocycles. The molecular weight excluding hydrogens is 266 g/mol. The van der Waals surface area contributed by atoms with Crippen LogP contribution in [0.3, 0.4) is 0 Å². The van der Waals surface area contributed by atoms with Gasteiger partial charge in [-0.2, -0.15) is 0 Å². The van der Waals surface area contributed by atoms with E-state index in [1.165, 1.54) is 24.3 Å². The molecule has 1 heterocycles. The van der Waals surface area contributed by atoms with E-state index in [1.807, 2.05) is 0 Å². The van der Waals surface area contributed by atoms with Gasteiger partial charge in [-0.15, -0.1) is 0 Å². The number of Topliss-reactive ketones (excluding diaryl/α,β-unsaturated/α-hetero) is 1. The molecule has 20 heavy (non-hydrogen) atoms. The number of carbonyl (C=O) groups is 4. The lowest BCUT2D eigenvalue weighted by molar-refractivity contribution is -0.173. The molecule has 1 atom stereocenters. The number of carboxylic acids is 2. The minimum absolute atomic E-state index is 0.125. The molecular formula is C13H11NO6. The molecule has 1 aromatic carbocycles. The van der Waals surface area contributed by atoms with Gasteiger partial charge in [0.05, 0.1) is 0 Å². The zero-order valence-corrected chi connectivity index (χ0v) is 10.4. The number of ketones is 1. The van der Waals surface area contributed by atoms with E-state index in [2.05, 4.69) is 0 Å². The van der Waals surface area contributed by atoms with Crippen molar-refractivity contribution in [2.75, 3.05) is 4.90 Å². The Bertz CT molecular complexity index is 595. The molecule has 0 spiro atoms. The molecule has 104 valence electrons. The lowest BCUT2D eigenvalue weighted by Gasteiger charge is -2.50. The Kier molecular flexibility index (Phi) is 3.05. The van der Waals surface area contributed by atoms with Gasteiger partial charge >= 0.3 is 11.9 Å². The number of hydrogen-bond acceptors (Lipinski definition) is 4. The molecule has 7 nitrogen and oxygen atoms in total. The summed E-state index contributed by atoms with van der Waals surface area (Å²) in [5.41, 5.74) is -2.45. The summed E-state index contributed by atoms with van der Waals surface area (Å²) in [5, 5.41) is 18.6. The van der Waals surface area contributed by atoms with E-state index in [9.17, 15) is 29.4 Å². The van der Waals surface area contributed by atoms with Crippen molar-refractivity contribution in [1.82, 2.24) is 0 Å². The quantitative estimate of drug-likeness (QED) is 0.598. The van der Waals surface area contributed by atoms with Gasteiger partial charge in [0, 0.05) is 5.69 Å². The van der Waals surface area contributed by atoms with Gasteiger partial charge in [0.25, 0.3) is 5.54 Å². The number of carbonyl (C=O) groups excluding carboxylic acids is 2. The molecule has 0 bridgehead atoms. The van der Waals surface area contributed by atoms with Crippen LogP contribution in [0.4, 0.5) is 5.69 Å². The number of β-lactam (4-membered cyclic amide) rings is 1. The summed E-state index contributed by atoms with van der Waals surface area (Å²) in [6.45, 7) is 1.01. The number of carboxylic acid groups (broad SMARTS) is 2. The summed E-state index contributed by atoms with van der Waals surface area (Å²) in [6.07, 6.45) is 0. The zero-order chi connectivity index (χ0) is 15.1. The standard InChI is InChI=1S/C13H11NO6/c1-7(15)9-10(16)14(8-5-3-2-4-6-8)13(9,11(17)18)12(19)20/h2-6,9H,1H3,(H,17,18)(H,19,20). The van der Waals surface area contributed by atoms with Gasteiger partial charge in [-0.3, -0.25) is 14.5 Å². The lowest BCUT2D eigenvalue weighted by atomic mass is 9.70. The third kappa shape index (κ3) is 1.52. The van der Waals surface area contributed by atoms with Crippen LogP contribution in [0.25, 0.3) is 0 Å². The predicted molar refractivity (Wildman–Crippen MR) is 66.1 cm³/mol. The Balaban J connectivity index is 2.63. The molecule has 1 aromatic rings. The highest BCUT2D eigenvalue weighted by molar-refractivity contribution is 6.31. The van der Waals surface area contributed by atoms with Crippen molar-refractivity contribution in [3.8, 4) is 0 Å². The van der Waals surface area contributed by atoms with Gasteiger partial charge < -0.3 is 10.2 Å². The molecule has 0 saturated carbocycles. The maximum atomic E-state index is 12.0. The lowest BCUT2D eigenvalue weighted by Crippen LogP contribution is -2.80. The van der Waals surface area contributed by atoms with Gasteiger partial charge in [-0.05, 0) is 19.1 Å². The molecule has 1 fully saturated rings. The van der Waals surface area contributed by atoms with E-state index >= 15 is 0 Å². The number of hydrogen-bond donors (Lipinski definition) is 2. The summed E-state index contributed by atoms with van der Waals surface area (Å²) in [4.78, 5) is 47.0. The van der Waals surface area contributed by atoms with Crippen LogP contribution in [-0.4, -0.2) is 39.4 Å². The highest BCUT2D eigenvalue weighted by atomic mass is 16.4. The molecule has 2 N–H and O–H groups in total. The fourth-order valence-electron chi connectivity index (χ4n) is 2.45. The van der Waals surface area contributed by atoms with Crippen LogP contribution in [0.1, 0.15) is 6.92 Å². The van der Waals surface area contributed by atoms with E-state index in [0.29, 0.717) is 4.90 Å². The SMILES string of the molecule is CC(=O)C1C(=O)N(c2ccccc2)C1(C(=O)O)C(=O)O. The van der Waals surface area contributed by atoms with Gasteiger partial charge in [0.2, 0.25) is 5.91 Å². The fourth-order valence-corrected chi connectivity index (χ4v) is 2.45.